The summed E-state index contributed by atoms with van der Waals surface area (Å²) in [7, 11) is 3.96. The van der Waals surface area contributed by atoms with Gasteiger partial charge in [-0.25, -0.2) is 0 Å². The molecule has 0 radical (unpaired) electrons. The summed E-state index contributed by atoms with van der Waals surface area (Å²) in [6.45, 7) is 3.01. The van der Waals surface area contributed by atoms with Crippen LogP contribution in [-0.2, 0) is 19.9 Å². The van der Waals surface area contributed by atoms with Gasteiger partial charge >= 0.3 is 0 Å². The fourth-order valence-electron chi connectivity index (χ4n) is 2.55. The van der Waals surface area contributed by atoms with E-state index in [0.29, 0.717) is 5.92 Å². The minimum atomic E-state index is 0.402. The number of likely N-dealkylation sites (N-methyl/N-ethyl adjacent to an activating group) is 1. The molecule has 1 N–H and O–H groups in total. The average molecular weight is 292 g/mol. The zero-order chi connectivity index (χ0) is 14.5. The van der Waals surface area contributed by atoms with Gasteiger partial charge in [-0.1, -0.05) is 48.9 Å². The van der Waals surface area contributed by atoms with Gasteiger partial charge in [0.15, 0.2) is 0 Å². The van der Waals surface area contributed by atoms with Crippen LogP contribution in [0.15, 0.2) is 30.3 Å². The fourth-order valence-corrected chi connectivity index (χ4v) is 2.93. The Kier molecular flexibility index (Phi) is 5.21. The summed E-state index contributed by atoms with van der Waals surface area (Å²) >= 11 is 6.46. The summed E-state index contributed by atoms with van der Waals surface area (Å²) < 4.78 is 1.92. The van der Waals surface area contributed by atoms with Crippen LogP contribution in [0.5, 0.6) is 0 Å². The lowest BCUT2D eigenvalue weighted by molar-refractivity contribution is 0.590. The monoisotopic (exact) mass is 291 g/mol. The predicted molar refractivity (Wildman–Crippen MR) is 84.4 cm³/mol. The maximum Gasteiger partial charge on any atom is 0.0849 e. The number of benzene rings is 1. The van der Waals surface area contributed by atoms with Crippen molar-refractivity contribution in [1.82, 2.24) is 15.1 Å². The SMILES string of the molecule is CCc1nn(C)c(CC(CNC)c2ccccc2)c1Cl. The highest BCUT2D eigenvalue weighted by molar-refractivity contribution is 6.31. The van der Waals surface area contributed by atoms with Gasteiger partial charge in [0.05, 0.1) is 16.4 Å². The van der Waals surface area contributed by atoms with Crippen LogP contribution in [0.1, 0.15) is 29.8 Å². The van der Waals surface area contributed by atoms with Crippen LogP contribution in [0, 0.1) is 0 Å². The lowest BCUT2D eigenvalue weighted by Crippen LogP contribution is -2.20. The minimum Gasteiger partial charge on any atom is -0.319 e. The standard InChI is InChI=1S/C16H22ClN3/c1-4-14-16(17)15(20(3)19-14)10-13(11-18-2)12-8-6-5-7-9-12/h5-9,13,18H,4,10-11H2,1-3H3. The molecule has 1 heterocycles. The third-order valence-electron chi connectivity index (χ3n) is 3.66. The van der Waals surface area contributed by atoms with Crippen molar-refractivity contribution in [1.29, 1.82) is 0 Å². The molecule has 0 aliphatic carbocycles. The van der Waals surface area contributed by atoms with Crippen LogP contribution in [-0.4, -0.2) is 23.4 Å². The fraction of sp³-hybridized carbons (Fsp3) is 0.438. The first-order chi connectivity index (χ1) is 9.67. The molecule has 4 heteroatoms. The third kappa shape index (κ3) is 3.22. The van der Waals surface area contributed by atoms with Crippen molar-refractivity contribution in [3.8, 4) is 0 Å². The molecule has 108 valence electrons. The first-order valence-electron chi connectivity index (χ1n) is 7.07. The molecule has 1 unspecified atom stereocenters. The Balaban J connectivity index is 2.27. The van der Waals surface area contributed by atoms with E-state index in [2.05, 4.69) is 41.6 Å². The zero-order valence-electron chi connectivity index (χ0n) is 12.4. The highest BCUT2D eigenvalue weighted by Gasteiger charge is 2.18. The van der Waals surface area contributed by atoms with Crippen molar-refractivity contribution in [3.05, 3.63) is 52.3 Å². The zero-order valence-corrected chi connectivity index (χ0v) is 13.1. The number of rotatable bonds is 6. The second kappa shape index (κ2) is 6.91. The number of nitrogens with zero attached hydrogens (tertiary/aromatic N) is 2. The average Bonchev–Trinajstić information content (AvgIpc) is 2.75. The Morgan fingerprint density at radius 2 is 2.00 bits per heavy atom. The van der Waals surface area contributed by atoms with E-state index >= 15 is 0 Å². The molecule has 0 saturated heterocycles. The Morgan fingerprint density at radius 3 is 2.55 bits per heavy atom. The first-order valence-corrected chi connectivity index (χ1v) is 7.44. The lowest BCUT2D eigenvalue weighted by atomic mass is 9.94. The quantitative estimate of drug-likeness (QED) is 0.886. The lowest BCUT2D eigenvalue weighted by Gasteiger charge is -2.17. The van der Waals surface area contributed by atoms with E-state index in [1.165, 1.54) is 5.56 Å². The Bertz CT molecular complexity index is 548. The summed E-state index contributed by atoms with van der Waals surface area (Å²) in [6.07, 6.45) is 1.77. The number of aryl methyl sites for hydroxylation is 2. The van der Waals surface area contributed by atoms with Gasteiger partial charge in [-0.15, -0.1) is 0 Å². The maximum absolute atomic E-state index is 6.46. The summed E-state index contributed by atoms with van der Waals surface area (Å²) in [5.41, 5.74) is 3.44. The second-order valence-electron chi connectivity index (χ2n) is 5.05. The Labute approximate surface area is 126 Å². The van der Waals surface area contributed by atoms with E-state index in [4.69, 9.17) is 11.6 Å². The molecule has 2 rings (SSSR count). The molecule has 2 aromatic rings. The van der Waals surface area contributed by atoms with E-state index in [1.54, 1.807) is 0 Å². The maximum atomic E-state index is 6.46. The largest absolute Gasteiger partial charge is 0.319 e. The summed E-state index contributed by atoms with van der Waals surface area (Å²) in [6, 6.07) is 10.6. The first kappa shape index (κ1) is 15.1. The Hall–Kier alpha value is -1.32. The smallest absolute Gasteiger partial charge is 0.0849 e. The van der Waals surface area contributed by atoms with Crippen molar-refractivity contribution in [2.24, 2.45) is 7.05 Å². The van der Waals surface area contributed by atoms with Crippen molar-refractivity contribution in [2.45, 2.75) is 25.7 Å². The van der Waals surface area contributed by atoms with E-state index in [1.807, 2.05) is 24.8 Å². The molecule has 3 nitrogen and oxygen atoms in total. The van der Waals surface area contributed by atoms with E-state index in [0.717, 1.165) is 35.8 Å². The molecule has 0 aliphatic rings. The normalized spacial score (nSPS) is 12.6. The van der Waals surface area contributed by atoms with E-state index in [-0.39, 0.29) is 0 Å². The van der Waals surface area contributed by atoms with Crippen molar-refractivity contribution in [3.63, 3.8) is 0 Å². The van der Waals surface area contributed by atoms with Gasteiger partial charge in [0.2, 0.25) is 0 Å². The molecule has 0 fully saturated rings. The van der Waals surface area contributed by atoms with Crippen LogP contribution in [0.4, 0.5) is 0 Å². The molecule has 20 heavy (non-hydrogen) atoms. The summed E-state index contributed by atoms with van der Waals surface area (Å²) in [4.78, 5) is 0. The predicted octanol–water partition coefficient (Wildman–Crippen LogP) is 3.18. The molecular weight excluding hydrogens is 270 g/mol. The molecule has 0 bridgehead atoms. The van der Waals surface area contributed by atoms with Crippen LogP contribution in [0.25, 0.3) is 0 Å². The van der Waals surface area contributed by atoms with Gasteiger partial charge in [-0.3, -0.25) is 4.68 Å². The number of hydrogen-bond acceptors (Lipinski definition) is 2. The van der Waals surface area contributed by atoms with Gasteiger partial charge in [0.1, 0.15) is 0 Å². The number of hydrogen-bond donors (Lipinski definition) is 1. The molecule has 1 atom stereocenters. The van der Waals surface area contributed by atoms with Gasteiger partial charge in [-0.2, -0.15) is 5.10 Å². The summed E-state index contributed by atoms with van der Waals surface area (Å²) in [5, 5.41) is 8.60. The van der Waals surface area contributed by atoms with Gasteiger partial charge < -0.3 is 5.32 Å². The second-order valence-corrected chi connectivity index (χ2v) is 5.43. The van der Waals surface area contributed by atoms with E-state index < -0.39 is 0 Å². The van der Waals surface area contributed by atoms with Crippen LogP contribution in [0.3, 0.4) is 0 Å². The molecular formula is C16H22ClN3. The van der Waals surface area contributed by atoms with Crippen molar-refractivity contribution < 1.29 is 0 Å². The van der Waals surface area contributed by atoms with Crippen LogP contribution < -0.4 is 5.32 Å². The number of nitrogens with one attached hydrogen (secondary N) is 1. The third-order valence-corrected chi connectivity index (χ3v) is 4.10. The van der Waals surface area contributed by atoms with Crippen molar-refractivity contribution in [2.75, 3.05) is 13.6 Å². The van der Waals surface area contributed by atoms with Crippen molar-refractivity contribution >= 4 is 11.6 Å². The van der Waals surface area contributed by atoms with Gasteiger partial charge in [0.25, 0.3) is 0 Å². The molecule has 0 amide bonds. The Morgan fingerprint density at radius 1 is 1.30 bits per heavy atom. The number of halogens is 1. The van der Waals surface area contributed by atoms with Crippen LogP contribution in [0.2, 0.25) is 5.02 Å². The highest BCUT2D eigenvalue weighted by atomic mass is 35.5. The molecule has 0 aliphatic heterocycles. The molecule has 0 saturated carbocycles. The highest BCUT2D eigenvalue weighted by Crippen LogP contribution is 2.27. The topological polar surface area (TPSA) is 29.9 Å². The van der Waals surface area contributed by atoms with Gasteiger partial charge in [0, 0.05) is 19.5 Å². The molecule has 1 aromatic carbocycles. The number of aromatic nitrogens is 2. The van der Waals surface area contributed by atoms with Crippen LogP contribution >= 0.6 is 11.6 Å². The summed E-state index contributed by atoms with van der Waals surface area (Å²) in [5.74, 6) is 0.402. The van der Waals surface area contributed by atoms with Gasteiger partial charge in [-0.05, 0) is 25.5 Å². The van der Waals surface area contributed by atoms with E-state index in [9.17, 15) is 0 Å². The molecule has 1 aromatic heterocycles. The molecule has 0 spiro atoms. The minimum absolute atomic E-state index is 0.402.